The molecule has 0 amide bonds. The predicted molar refractivity (Wildman–Crippen MR) is 68.2 cm³/mol. The van der Waals surface area contributed by atoms with Gasteiger partial charge in [-0.2, -0.15) is 0 Å². The fraction of sp³-hybridized carbons (Fsp3) is 0.600. The molecule has 1 aromatic carbocycles. The Labute approximate surface area is 99.3 Å². The van der Waals surface area contributed by atoms with E-state index in [9.17, 15) is 0 Å². The van der Waals surface area contributed by atoms with Crippen molar-refractivity contribution in [2.24, 2.45) is 5.92 Å². The summed E-state index contributed by atoms with van der Waals surface area (Å²) >= 11 is 0. The van der Waals surface area contributed by atoms with E-state index in [1.807, 2.05) is 12.1 Å². The third-order valence-corrected chi connectivity index (χ3v) is 3.58. The molecule has 1 nitrogen and oxygen atoms in total. The standard InChI is InChI=1S/C15H22N/c1-13(11-14-7-5-6-8-14)16-12-15-9-3-2-4-10-15/h2-4,9,13-14,16H,5-8,11-12H2,1H3. The van der Waals surface area contributed by atoms with Gasteiger partial charge in [-0.3, -0.25) is 0 Å². The van der Waals surface area contributed by atoms with E-state index in [4.69, 9.17) is 0 Å². The Balaban J connectivity index is 1.69. The van der Waals surface area contributed by atoms with Gasteiger partial charge in [0.05, 0.1) is 0 Å². The highest BCUT2D eigenvalue weighted by Crippen LogP contribution is 2.28. The first kappa shape index (κ1) is 11.7. The fourth-order valence-corrected chi connectivity index (χ4v) is 2.65. The second-order valence-corrected chi connectivity index (χ2v) is 5.06. The van der Waals surface area contributed by atoms with Crippen molar-refractivity contribution in [3.8, 4) is 0 Å². The lowest BCUT2D eigenvalue weighted by molar-refractivity contribution is 0.404. The summed E-state index contributed by atoms with van der Waals surface area (Å²) in [6.45, 7) is 3.26. The predicted octanol–water partition coefficient (Wildman–Crippen LogP) is 3.55. The lowest BCUT2D eigenvalue weighted by Crippen LogP contribution is -2.27. The Bertz CT molecular complexity index is 288. The van der Waals surface area contributed by atoms with Crippen LogP contribution in [-0.4, -0.2) is 6.04 Å². The summed E-state index contributed by atoms with van der Waals surface area (Å²) in [6, 6.07) is 12.1. The molecule has 0 heterocycles. The van der Waals surface area contributed by atoms with Crippen LogP contribution in [0.3, 0.4) is 0 Å². The van der Waals surface area contributed by atoms with Crippen LogP contribution in [0.25, 0.3) is 0 Å². The van der Waals surface area contributed by atoms with Gasteiger partial charge in [-0.25, -0.2) is 0 Å². The molecule has 0 spiro atoms. The van der Waals surface area contributed by atoms with Gasteiger partial charge < -0.3 is 5.32 Å². The molecule has 1 aliphatic rings. The molecule has 1 aromatic rings. The molecule has 0 aromatic heterocycles. The summed E-state index contributed by atoms with van der Waals surface area (Å²) in [6.07, 6.45) is 7.13. The topological polar surface area (TPSA) is 12.0 Å². The van der Waals surface area contributed by atoms with Crippen LogP contribution in [0.4, 0.5) is 0 Å². The molecule has 1 radical (unpaired) electrons. The van der Waals surface area contributed by atoms with Crippen LogP contribution in [0.2, 0.25) is 0 Å². The van der Waals surface area contributed by atoms with Gasteiger partial charge in [0.1, 0.15) is 0 Å². The van der Waals surface area contributed by atoms with E-state index < -0.39 is 0 Å². The molecule has 1 aliphatic carbocycles. The van der Waals surface area contributed by atoms with Gasteiger partial charge in [-0.1, -0.05) is 49.9 Å². The molecule has 1 fully saturated rings. The van der Waals surface area contributed by atoms with Crippen molar-refractivity contribution in [1.82, 2.24) is 5.32 Å². The number of rotatable bonds is 5. The van der Waals surface area contributed by atoms with Crippen LogP contribution in [0.1, 0.15) is 44.6 Å². The molecule has 0 saturated heterocycles. The molecular weight excluding hydrogens is 194 g/mol. The maximum Gasteiger partial charge on any atom is 0.0214 e. The zero-order chi connectivity index (χ0) is 11.2. The number of nitrogens with one attached hydrogen (secondary N) is 1. The summed E-state index contributed by atoms with van der Waals surface area (Å²) in [7, 11) is 0. The van der Waals surface area contributed by atoms with E-state index in [1.54, 1.807) is 0 Å². The quantitative estimate of drug-likeness (QED) is 0.793. The smallest absolute Gasteiger partial charge is 0.0214 e. The van der Waals surface area contributed by atoms with Gasteiger partial charge in [0.2, 0.25) is 0 Å². The first-order valence-electron chi connectivity index (χ1n) is 6.53. The third kappa shape index (κ3) is 3.64. The molecule has 1 atom stereocenters. The van der Waals surface area contributed by atoms with E-state index >= 15 is 0 Å². The van der Waals surface area contributed by atoms with Crippen LogP contribution in [0, 0.1) is 12.0 Å². The first-order chi connectivity index (χ1) is 7.84. The molecule has 0 aliphatic heterocycles. The Morgan fingerprint density at radius 1 is 1.38 bits per heavy atom. The highest BCUT2D eigenvalue weighted by atomic mass is 14.9. The second-order valence-electron chi connectivity index (χ2n) is 5.06. The van der Waals surface area contributed by atoms with Crippen molar-refractivity contribution < 1.29 is 0 Å². The van der Waals surface area contributed by atoms with Gasteiger partial charge >= 0.3 is 0 Å². The summed E-state index contributed by atoms with van der Waals surface area (Å²) in [4.78, 5) is 0. The molecule has 1 unspecified atom stereocenters. The molecule has 0 bridgehead atoms. The number of benzene rings is 1. The van der Waals surface area contributed by atoms with Crippen LogP contribution >= 0.6 is 0 Å². The molecular formula is C15H22N. The monoisotopic (exact) mass is 216 g/mol. The first-order valence-corrected chi connectivity index (χ1v) is 6.53. The van der Waals surface area contributed by atoms with Gasteiger partial charge in [0.15, 0.2) is 0 Å². The van der Waals surface area contributed by atoms with Gasteiger partial charge in [0.25, 0.3) is 0 Å². The van der Waals surface area contributed by atoms with Crippen molar-refractivity contribution in [3.05, 3.63) is 35.9 Å². The minimum Gasteiger partial charge on any atom is -0.310 e. The van der Waals surface area contributed by atoms with Crippen molar-refractivity contribution in [3.63, 3.8) is 0 Å². The van der Waals surface area contributed by atoms with E-state index in [0.29, 0.717) is 6.04 Å². The van der Waals surface area contributed by atoms with Gasteiger partial charge in [0, 0.05) is 12.6 Å². The Kier molecular flexibility index (Phi) is 4.41. The minimum atomic E-state index is 0.636. The molecule has 1 saturated carbocycles. The maximum atomic E-state index is 3.59. The summed E-state index contributed by atoms with van der Waals surface area (Å²) in [5.41, 5.74) is 1.26. The van der Waals surface area contributed by atoms with Gasteiger partial charge in [-0.15, -0.1) is 0 Å². The molecule has 1 heteroatoms. The number of hydrogen-bond acceptors (Lipinski definition) is 1. The second kappa shape index (κ2) is 6.05. The van der Waals surface area contributed by atoms with Crippen molar-refractivity contribution >= 4 is 0 Å². The summed E-state index contributed by atoms with van der Waals surface area (Å²) in [5.74, 6) is 0.974. The third-order valence-electron chi connectivity index (χ3n) is 3.58. The molecule has 87 valence electrons. The van der Waals surface area contributed by atoms with Crippen LogP contribution in [-0.2, 0) is 6.54 Å². The van der Waals surface area contributed by atoms with Gasteiger partial charge in [-0.05, 0) is 30.9 Å². The Hall–Kier alpha value is -0.820. The summed E-state index contributed by atoms with van der Waals surface area (Å²) < 4.78 is 0. The average Bonchev–Trinajstić information content (AvgIpc) is 2.81. The van der Waals surface area contributed by atoms with E-state index in [-0.39, 0.29) is 0 Å². The van der Waals surface area contributed by atoms with E-state index in [0.717, 1.165) is 12.5 Å². The molecule has 2 rings (SSSR count). The largest absolute Gasteiger partial charge is 0.310 e. The highest BCUT2D eigenvalue weighted by Gasteiger charge is 2.17. The van der Waals surface area contributed by atoms with Crippen LogP contribution < -0.4 is 5.32 Å². The normalized spacial score (nSPS) is 18.8. The van der Waals surface area contributed by atoms with E-state index in [1.165, 1.54) is 37.7 Å². The molecule has 16 heavy (non-hydrogen) atoms. The zero-order valence-electron chi connectivity index (χ0n) is 10.2. The van der Waals surface area contributed by atoms with Crippen LogP contribution in [0.15, 0.2) is 24.3 Å². The summed E-state index contributed by atoms with van der Waals surface area (Å²) in [5, 5.41) is 3.59. The van der Waals surface area contributed by atoms with Crippen molar-refractivity contribution in [2.45, 2.75) is 51.6 Å². The van der Waals surface area contributed by atoms with Crippen molar-refractivity contribution in [1.29, 1.82) is 0 Å². The SMILES string of the molecule is CC(CC1CCCC1)NCc1[c]cccc1. The zero-order valence-corrected chi connectivity index (χ0v) is 10.2. The maximum absolute atomic E-state index is 3.59. The van der Waals surface area contributed by atoms with Crippen molar-refractivity contribution in [2.75, 3.05) is 0 Å². The minimum absolute atomic E-state index is 0.636. The van der Waals surface area contributed by atoms with Crippen LogP contribution in [0.5, 0.6) is 0 Å². The van der Waals surface area contributed by atoms with E-state index in [2.05, 4.69) is 30.4 Å². The lowest BCUT2D eigenvalue weighted by atomic mass is 9.99. The lowest BCUT2D eigenvalue weighted by Gasteiger charge is -2.17. The Morgan fingerprint density at radius 3 is 2.88 bits per heavy atom. The fourth-order valence-electron chi connectivity index (χ4n) is 2.65. The highest BCUT2D eigenvalue weighted by molar-refractivity contribution is 5.12. The molecule has 1 N–H and O–H groups in total. The average molecular weight is 216 g/mol. The Morgan fingerprint density at radius 2 is 2.19 bits per heavy atom. The number of hydrogen-bond donors (Lipinski definition) is 1.